The molecule has 1 unspecified atom stereocenters. The maximum absolute atomic E-state index is 12.9. The number of alkyl halides is 5. The van der Waals surface area contributed by atoms with E-state index < -0.39 is 31.1 Å². The molecular formula is C6H7F5O2S. The predicted octanol–water partition coefficient (Wildman–Crippen LogP) is 2.05. The lowest BCUT2D eigenvalue weighted by Gasteiger charge is -2.24. The fraction of sp³-hybridized carbons (Fsp3) is 0.833. The normalized spacial score (nSPS) is 16.4. The van der Waals surface area contributed by atoms with Gasteiger partial charge < -0.3 is 4.74 Å². The van der Waals surface area contributed by atoms with Gasteiger partial charge >= 0.3 is 12.0 Å². The number of ketones is 1. The number of thiol groups is 1. The molecule has 0 aromatic heterocycles. The van der Waals surface area contributed by atoms with Crippen LogP contribution in [0.4, 0.5) is 22.0 Å². The van der Waals surface area contributed by atoms with Crippen molar-refractivity contribution in [3.63, 3.8) is 0 Å². The Labute approximate surface area is 81.8 Å². The van der Waals surface area contributed by atoms with Crippen LogP contribution < -0.4 is 0 Å². The van der Waals surface area contributed by atoms with Gasteiger partial charge in [0.05, 0.1) is 0 Å². The van der Waals surface area contributed by atoms with Crippen LogP contribution in [0, 0.1) is 0 Å². The van der Waals surface area contributed by atoms with Gasteiger partial charge in [-0.05, 0) is 5.75 Å². The van der Waals surface area contributed by atoms with Crippen molar-refractivity contribution in [2.45, 2.75) is 18.5 Å². The Morgan fingerprint density at radius 2 is 1.79 bits per heavy atom. The Bertz CT molecular complexity index is 207. The Morgan fingerprint density at radius 1 is 1.29 bits per heavy atom. The average Bonchev–Trinajstić information content (AvgIpc) is 2.03. The van der Waals surface area contributed by atoms with Gasteiger partial charge in [0.1, 0.15) is 0 Å². The van der Waals surface area contributed by atoms with Crippen LogP contribution >= 0.6 is 12.6 Å². The Morgan fingerprint density at radius 3 is 2.07 bits per heavy atom. The van der Waals surface area contributed by atoms with E-state index in [1.807, 2.05) is 0 Å². The lowest BCUT2D eigenvalue weighted by atomic mass is 10.1. The van der Waals surface area contributed by atoms with Crippen LogP contribution in [-0.4, -0.2) is 30.4 Å². The summed E-state index contributed by atoms with van der Waals surface area (Å²) in [5.74, 6) is -6.74. The SMILES string of the molecule is O=C(CCS)C(F)(OCF)C(F)(F)F. The molecular weight excluding hydrogens is 231 g/mol. The number of hydrogen-bond donors (Lipinski definition) is 1. The maximum Gasteiger partial charge on any atom is 0.456 e. The highest BCUT2D eigenvalue weighted by molar-refractivity contribution is 7.80. The van der Waals surface area contributed by atoms with Crippen molar-refractivity contribution >= 4 is 18.4 Å². The Hall–Kier alpha value is -0.370. The number of carbonyl (C=O) groups is 1. The highest BCUT2D eigenvalue weighted by Gasteiger charge is 2.62. The zero-order valence-electron chi connectivity index (χ0n) is 6.77. The minimum atomic E-state index is -5.58. The predicted molar refractivity (Wildman–Crippen MR) is 40.4 cm³/mol. The molecule has 0 aliphatic rings. The number of halogens is 5. The third kappa shape index (κ3) is 2.81. The van der Waals surface area contributed by atoms with Gasteiger partial charge in [-0.25, -0.2) is 4.39 Å². The highest BCUT2D eigenvalue weighted by atomic mass is 32.1. The van der Waals surface area contributed by atoms with Crippen molar-refractivity contribution in [2.24, 2.45) is 0 Å². The van der Waals surface area contributed by atoms with Gasteiger partial charge in [-0.15, -0.1) is 0 Å². The second-order valence-electron chi connectivity index (χ2n) is 2.24. The van der Waals surface area contributed by atoms with Gasteiger partial charge in [-0.2, -0.15) is 30.2 Å². The summed E-state index contributed by atoms with van der Waals surface area (Å²) in [4.78, 5) is 10.7. The molecule has 0 heterocycles. The molecule has 84 valence electrons. The largest absolute Gasteiger partial charge is 0.456 e. The first-order chi connectivity index (χ1) is 6.29. The molecule has 0 aromatic rings. The quantitative estimate of drug-likeness (QED) is 0.586. The number of carbonyl (C=O) groups excluding carboxylic acids is 1. The summed E-state index contributed by atoms with van der Waals surface area (Å²) >= 11 is 3.45. The Kier molecular flexibility index (Phi) is 4.79. The first kappa shape index (κ1) is 13.6. The van der Waals surface area contributed by atoms with E-state index in [4.69, 9.17) is 0 Å². The minimum absolute atomic E-state index is 0.282. The second kappa shape index (κ2) is 4.92. The molecule has 0 saturated heterocycles. The van der Waals surface area contributed by atoms with E-state index in [9.17, 15) is 26.7 Å². The molecule has 0 N–H and O–H groups in total. The van der Waals surface area contributed by atoms with E-state index in [1.54, 1.807) is 0 Å². The molecule has 0 aliphatic heterocycles. The van der Waals surface area contributed by atoms with Crippen LogP contribution in [0.25, 0.3) is 0 Å². The van der Waals surface area contributed by atoms with Crippen molar-refractivity contribution in [1.82, 2.24) is 0 Å². The molecule has 2 nitrogen and oxygen atoms in total. The van der Waals surface area contributed by atoms with Crippen LogP contribution in [-0.2, 0) is 9.53 Å². The van der Waals surface area contributed by atoms with E-state index in [2.05, 4.69) is 17.4 Å². The Balaban J connectivity index is 4.80. The van der Waals surface area contributed by atoms with Crippen molar-refractivity contribution in [1.29, 1.82) is 0 Å². The molecule has 8 heteroatoms. The highest BCUT2D eigenvalue weighted by Crippen LogP contribution is 2.36. The zero-order valence-corrected chi connectivity index (χ0v) is 7.67. The number of Topliss-reactive ketones (excluding diaryl/α,β-unsaturated/α-hetero) is 1. The second-order valence-corrected chi connectivity index (χ2v) is 2.69. The van der Waals surface area contributed by atoms with Crippen molar-refractivity contribution in [3.8, 4) is 0 Å². The number of ether oxygens (including phenoxy) is 1. The topological polar surface area (TPSA) is 26.3 Å². The summed E-state index contributed by atoms with van der Waals surface area (Å²) in [7, 11) is 0. The van der Waals surface area contributed by atoms with Gasteiger partial charge in [0.15, 0.2) is 6.86 Å². The molecule has 0 spiro atoms. The minimum Gasteiger partial charge on any atom is -0.301 e. The first-order valence-electron chi connectivity index (χ1n) is 3.39. The van der Waals surface area contributed by atoms with Crippen LogP contribution in [0.3, 0.4) is 0 Å². The fourth-order valence-corrected chi connectivity index (χ4v) is 0.861. The first-order valence-corrected chi connectivity index (χ1v) is 4.02. The molecule has 0 amide bonds. The molecule has 0 rings (SSSR count). The van der Waals surface area contributed by atoms with Crippen LogP contribution in [0.5, 0.6) is 0 Å². The van der Waals surface area contributed by atoms with Gasteiger partial charge in [0.2, 0.25) is 5.78 Å². The fourth-order valence-electron chi connectivity index (χ4n) is 0.658. The monoisotopic (exact) mass is 238 g/mol. The van der Waals surface area contributed by atoms with E-state index in [-0.39, 0.29) is 5.75 Å². The summed E-state index contributed by atoms with van der Waals surface area (Å²) in [6.45, 7) is -2.03. The molecule has 0 radical (unpaired) electrons. The van der Waals surface area contributed by atoms with Crippen LogP contribution in [0.15, 0.2) is 0 Å². The molecule has 0 fully saturated rings. The smallest absolute Gasteiger partial charge is 0.301 e. The maximum atomic E-state index is 12.9. The molecule has 0 aliphatic carbocycles. The molecule has 14 heavy (non-hydrogen) atoms. The molecule has 0 saturated carbocycles. The molecule has 0 aromatic carbocycles. The van der Waals surface area contributed by atoms with Gasteiger partial charge in [-0.3, -0.25) is 4.79 Å². The van der Waals surface area contributed by atoms with Crippen molar-refractivity contribution < 1.29 is 31.5 Å². The van der Waals surface area contributed by atoms with E-state index in [1.165, 1.54) is 0 Å². The molecule has 0 bridgehead atoms. The van der Waals surface area contributed by atoms with Gasteiger partial charge in [0.25, 0.3) is 0 Å². The van der Waals surface area contributed by atoms with Crippen molar-refractivity contribution in [2.75, 3.05) is 12.6 Å². The summed E-state index contributed by atoms with van der Waals surface area (Å²) in [6, 6.07) is 0. The van der Waals surface area contributed by atoms with Crippen LogP contribution in [0.2, 0.25) is 0 Å². The van der Waals surface area contributed by atoms with E-state index in [0.717, 1.165) is 0 Å². The number of rotatable bonds is 5. The summed E-state index contributed by atoms with van der Waals surface area (Å²) < 4.78 is 63.4. The van der Waals surface area contributed by atoms with Crippen LogP contribution in [0.1, 0.15) is 6.42 Å². The summed E-state index contributed by atoms with van der Waals surface area (Å²) in [5.41, 5.74) is 0. The average molecular weight is 238 g/mol. The van der Waals surface area contributed by atoms with E-state index in [0.29, 0.717) is 0 Å². The summed E-state index contributed by atoms with van der Waals surface area (Å²) in [6.07, 6.45) is -6.38. The van der Waals surface area contributed by atoms with Gasteiger partial charge in [0, 0.05) is 6.42 Å². The van der Waals surface area contributed by atoms with E-state index >= 15 is 0 Å². The zero-order chi connectivity index (χ0) is 11.4. The third-order valence-electron chi connectivity index (χ3n) is 1.32. The summed E-state index contributed by atoms with van der Waals surface area (Å²) in [5, 5.41) is 0. The lowest BCUT2D eigenvalue weighted by molar-refractivity contribution is -0.321. The van der Waals surface area contributed by atoms with Crippen molar-refractivity contribution in [3.05, 3.63) is 0 Å². The third-order valence-corrected chi connectivity index (χ3v) is 1.54. The lowest BCUT2D eigenvalue weighted by Crippen LogP contribution is -2.50. The van der Waals surface area contributed by atoms with Gasteiger partial charge in [-0.1, -0.05) is 0 Å². The standard InChI is InChI=1S/C6H7F5O2S/c7-3-13-5(8,6(9,10)11)4(12)1-2-14/h14H,1-3H2. The molecule has 1 atom stereocenters. The number of hydrogen-bond acceptors (Lipinski definition) is 3.